The normalized spacial score (nSPS) is 16.1. The summed E-state index contributed by atoms with van der Waals surface area (Å²) in [5, 5.41) is 12.6. The molecule has 0 saturated carbocycles. The Kier molecular flexibility index (Phi) is 7.71. The van der Waals surface area contributed by atoms with E-state index in [9.17, 15) is 27.1 Å². The number of hydrogen-bond acceptors (Lipinski definition) is 5. The number of carbonyl (C=O) groups is 1. The van der Waals surface area contributed by atoms with E-state index in [4.69, 9.17) is 4.74 Å². The van der Waals surface area contributed by atoms with Crippen molar-refractivity contribution < 1.29 is 31.8 Å². The lowest BCUT2D eigenvalue weighted by Crippen LogP contribution is -2.40. The molecule has 1 aliphatic heterocycles. The fourth-order valence-electron chi connectivity index (χ4n) is 3.16. The Balaban J connectivity index is 1.48. The van der Waals surface area contributed by atoms with Gasteiger partial charge in [0.05, 0.1) is 24.2 Å². The Hall–Kier alpha value is -2.40. The lowest BCUT2D eigenvalue weighted by Gasteiger charge is -2.26. The summed E-state index contributed by atoms with van der Waals surface area (Å²) in [6.07, 6.45) is -0.658. The average molecular weight is 454 g/mol. The fraction of sp³-hybridized carbons (Fsp3) is 0.381. The topological polar surface area (TPSA) is 95.9 Å². The van der Waals surface area contributed by atoms with Gasteiger partial charge in [-0.2, -0.15) is 4.31 Å². The maximum Gasteiger partial charge on any atom is 0.243 e. The number of aliphatic hydroxyl groups is 1. The van der Waals surface area contributed by atoms with E-state index in [-0.39, 0.29) is 29.3 Å². The number of sulfonamides is 1. The van der Waals surface area contributed by atoms with Gasteiger partial charge >= 0.3 is 0 Å². The summed E-state index contributed by atoms with van der Waals surface area (Å²) in [6, 6.07) is 9.42. The fourth-order valence-corrected chi connectivity index (χ4v) is 4.57. The summed E-state index contributed by atoms with van der Waals surface area (Å²) >= 11 is 0. The van der Waals surface area contributed by atoms with Crippen LogP contribution >= 0.6 is 0 Å². The van der Waals surface area contributed by atoms with Crippen LogP contribution in [-0.2, 0) is 26.0 Å². The van der Waals surface area contributed by atoms with E-state index in [2.05, 4.69) is 5.32 Å². The van der Waals surface area contributed by atoms with E-state index in [0.717, 1.165) is 17.7 Å². The molecule has 31 heavy (non-hydrogen) atoms. The van der Waals surface area contributed by atoms with Crippen LogP contribution in [0.25, 0.3) is 0 Å². The number of nitrogens with zero attached hydrogens (tertiary/aromatic N) is 1. The number of hydrogen-bond donors (Lipinski definition) is 2. The third kappa shape index (κ3) is 6.07. The zero-order valence-electron chi connectivity index (χ0n) is 16.8. The first-order valence-electron chi connectivity index (χ1n) is 9.84. The van der Waals surface area contributed by atoms with Gasteiger partial charge in [0.1, 0.15) is 0 Å². The number of benzene rings is 2. The maximum absolute atomic E-state index is 13.2. The number of halogens is 2. The molecule has 1 heterocycles. The molecule has 1 amide bonds. The highest BCUT2D eigenvalue weighted by atomic mass is 32.2. The number of aryl methyl sites for hydroxylation is 1. The van der Waals surface area contributed by atoms with Crippen LogP contribution in [0.15, 0.2) is 47.4 Å². The first-order valence-corrected chi connectivity index (χ1v) is 11.3. The summed E-state index contributed by atoms with van der Waals surface area (Å²) in [5.74, 6) is -2.41. The Morgan fingerprint density at radius 3 is 2.42 bits per heavy atom. The van der Waals surface area contributed by atoms with E-state index in [0.29, 0.717) is 32.7 Å². The number of ether oxygens (including phenoxy) is 1. The predicted molar refractivity (Wildman–Crippen MR) is 109 cm³/mol. The summed E-state index contributed by atoms with van der Waals surface area (Å²) in [5.41, 5.74) is 0.952. The third-order valence-electron chi connectivity index (χ3n) is 4.99. The molecule has 3 rings (SSSR count). The SMILES string of the molecule is O=C(CCc1ccc(S(=O)(=O)N2CCOCC2)cc1)NCC(O)c1ccc(F)c(F)c1. The molecule has 10 heteroatoms. The molecule has 0 aliphatic carbocycles. The van der Waals surface area contributed by atoms with Gasteiger partial charge in [-0.1, -0.05) is 18.2 Å². The van der Waals surface area contributed by atoms with Gasteiger partial charge < -0.3 is 15.2 Å². The van der Waals surface area contributed by atoms with Gasteiger partial charge in [-0.3, -0.25) is 4.79 Å². The molecule has 1 unspecified atom stereocenters. The summed E-state index contributed by atoms with van der Waals surface area (Å²) in [4.78, 5) is 12.2. The highest BCUT2D eigenvalue weighted by molar-refractivity contribution is 7.89. The van der Waals surface area contributed by atoms with Gasteiger partial charge in [0.15, 0.2) is 11.6 Å². The minimum Gasteiger partial charge on any atom is -0.387 e. The van der Waals surface area contributed by atoms with Gasteiger partial charge in [0.25, 0.3) is 0 Å². The molecule has 0 aromatic heterocycles. The van der Waals surface area contributed by atoms with Gasteiger partial charge in [-0.25, -0.2) is 17.2 Å². The number of nitrogens with one attached hydrogen (secondary N) is 1. The smallest absolute Gasteiger partial charge is 0.243 e. The number of rotatable bonds is 8. The molecular weight excluding hydrogens is 430 g/mol. The quantitative estimate of drug-likeness (QED) is 0.634. The molecule has 7 nitrogen and oxygen atoms in total. The summed E-state index contributed by atoms with van der Waals surface area (Å²) in [6.45, 7) is 1.25. The molecule has 0 radical (unpaired) electrons. The predicted octanol–water partition coefficient (Wildman–Crippen LogP) is 1.77. The zero-order chi connectivity index (χ0) is 22.4. The van der Waals surface area contributed by atoms with Crippen LogP contribution in [0.1, 0.15) is 23.7 Å². The van der Waals surface area contributed by atoms with Crippen molar-refractivity contribution >= 4 is 15.9 Å². The van der Waals surface area contributed by atoms with Crippen LogP contribution in [0.4, 0.5) is 8.78 Å². The van der Waals surface area contributed by atoms with Crippen molar-refractivity contribution in [2.45, 2.75) is 23.8 Å². The lowest BCUT2D eigenvalue weighted by molar-refractivity contribution is -0.121. The first kappa shape index (κ1) is 23.3. The van der Waals surface area contributed by atoms with E-state index in [1.54, 1.807) is 12.1 Å². The molecule has 168 valence electrons. The van der Waals surface area contributed by atoms with E-state index in [1.165, 1.54) is 22.5 Å². The van der Waals surface area contributed by atoms with Crippen LogP contribution < -0.4 is 5.32 Å². The Morgan fingerprint density at radius 1 is 1.10 bits per heavy atom. The van der Waals surface area contributed by atoms with Crippen molar-refractivity contribution in [2.24, 2.45) is 0 Å². The van der Waals surface area contributed by atoms with Crippen molar-refractivity contribution in [3.63, 3.8) is 0 Å². The Labute approximate surface area is 179 Å². The molecule has 0 bridgehead atoms. The van der Waals surface area contributed by atoms with Crippen LogP contribution in [0.2, 0.25) is 0 Å². The summed E-state index contributed by atoms with van der Waals surface area (Å²) < 4.78 is 58.0. The highest BCUT2D eigenvalue weighted by Crippen LogP contribution is 2.19. The number of amides is 1. The Bertz CT molecular complexity index is 1010. The van der Waals surface area contributed by atoms with Gasteiger partial charge in [-0.15, -0.1) is 0 Å². The average Bonchev–Trinajstić information content (AvgIpc) is 2.78. The number of aliphatic hydroxyl groups excluding tert-OH is 1. The molecular formula is C21H24F2N2O5S. The minimum absolute atomic E-state index is 0.125. The molecule has 1 aliphatic rings. The molecule has 2 aromatic carbocycles. The monoisotopic (exact) mass is 454 g/mol. The second-order valence-electron chi connectivity index (χ2n) is 7.15. The van der Waals surface area contributed by atoms with E-state index >= 15 is 0 Å². The second kappa shape index (κ2) is 10.3. The van der Waals surface area contributed by atoms with Gasteiger partial charge in [0, 0.05) is 26.1 Å². The van der Waals surface area contributed by atoms with Crippen LogP contribution in [0.3, 0.4) is 0 Å². The van der Waals surface area contributed by atoms with Crippen LogP contribution in [0.5, 0.6) is 0 Å². The minimum atomic E-state index is -3.56. The summed E-state index contributed by atoms with van der Waals surface area (Å²) in [7, 11) is -3.56. The highest BCUT2D eigenvalue weighted by Gasteiger charge is 2.26. The zero-order valence-corrected chi connectivity index (χ0v) is 17.6. The van der Waals surface area contributed by atoms with Crippen molar-refractivity contribution in [3.8, 4) is 0 Å². The third-order valence-corrected chi connectivity index (χ3v) is 6.91. The number of carbonyl (C=O) groups excluding carboxylic acids is 1. The van der Waals surface area contributed by atoms with Crippen LogP contribution in [-0.4, -0.2) is 56.6 Å². The van der Waals surface area contributed by atoms with Crippen molar-refractivity contribution in [2.75, 3.05) is 32.8 Å². The molecule has 1 fully saturated rings. The molecule has 2 aromatic rings. The first-order chi connectivity index (χ1) is 14.8. The standard InChI is InChI=1S/C21H24F2N2O5S/c22-18-7-4-16(13-19(18)23)20(26)14-24-21(27)8-3-15-1-5-17(6-2-15)31(28,29)25-9-11-30-12-10-25/h1-2,4-7,13,20,26H,3,8-12,14H2,(H,24,27). The van der Waals surface area contributed by atoms with Crippen molar-refractivity contribution in [1.82, 2.24) is 9.62 Å². The number of morpholine rings is 1. The second-order valence-corrected chi connectivity index (χ2v) is 9.09. The van der Waals surface area contributed by atoms with Gasteiger partial charge in [0.2, 0.25) is 15.9 Å². The molecule has 1 atom stereocenters. The van der Waals surface area contributed by atoms with E-state index < -0.39 is 27.8 Å². The van der Waals surface area contributed by atoms with E-state index in [1.807, 2.05) is 0 Å². The molecule has 1 saturated heterocycles. The van der Waals surface area contributed by atoms with Crippen molar-refractivity contribution in [3.05, 3.63) is 65.2 Å². The van der Waals surface area contributed by atoms with Crippen molar-refractivity contribution in [1.29, 1.82) is 0 Å². The Morgan fingerprint density at radius 2 is 1.77 bits per heavy atom. The molecule has 0 spiro atoms. The van der Waals surface area contributed by atoms with Crippen LogP contribution in [0, 0.1) is 11.6 Å². The molecule has 2 N–H and O–H groups in total. The largest absolute Gasteiger partial charge is 0.387 e. The van der Waals surface area contributed by atoms with Gasteiger partial charge in [-0.05, 0) is 41.8 Å². The lowest BCUT2D eigenvalue weighted by atomic mass is 10.1. The maximum atomic E-state index is 13.2.